The Hall–Kier alpha value is -2.50. The van der Waals surface area contributed by atoms with E-state index in [2.05, 4.69) is 5.32 Å². The molecule has 0 aliphatic rings. The normalized spacial score (nSPS) is 10.4. The molecule has 0 bridgehead atoms. The predicted molar refractivity (Wildman–Crippen MR) is 64.2 cm³/mol. The fourth-order valence-electron chi connectivity index (χ4n) is 1.69. The molecular formula is C13H12NO5-. The molecule has 2 aromatic rings. The maximum absolute atomic E-state index is 10.9. The number of furan rings is 1. The zero-order chi connectivity index (χ0) is 13.8. The van der Waals surface area contributed by atoms with Gasteiger partial charge in [0.05, 0.1) is 12.2 Å². The summed E-state index contributed by atoms with van der Waals surface area (Å²) >= 11 is 0. The van der Waals surface area contributed by atoms with Gasteiger partial charge in [-0.25, -0.2) is 0 Å². The predicted octanol–water partition coefficient (Wildman–Crippen LogP) is 0.198. The highest BCUT2D eigenvalue weighted by atomic mass is 16.5. The van der Waals surface area contributed by atoms with Crippen molar-refractivity contribution in [3.8, 4) is 5.75 Å². The highest BCUT2D eigenvalue weighted by Gasteiger charge is 2.10. The molecule has 1 aromatic carbocycles. The number of hydrogen-bond acceptors (Lipinski definition) is 5. The summed E-state index contributed by atoms with van der Waals surface area (Å²) in [5.41, 5.74) is 1.24. The van der Waals surface area contributed by atoms with Crippen LogP contribution in [0, 0.1) is 0 Å². The van der Waals surface area contributed by atoms with Crippen molar-refractivity contribution in [2.45, 2.75) is 13.5 Å². The van der Waals surface area contributed by atoms with Gasteiger partial charge in [0, 0.05) is 24.4 Å². The van der Waals surface area contributed by atoms with Crippen molar-refractivity contribution in [1.82, 2.24) is 5.32 Å². The number of carboxylic acid groups (broad SMARTS) is 1. The lowest BCUT2D eigenvalue weighted by atomic mass is 10.1. The molecule has 0 saturated heterocycles. The number of carbonyl (C=O) groups is 2. The molecule has 1 amide bonds. The topological polar surface area (TPSA) is 91.6 Å². The highest BCUT2D eigenvalue weighted by molar-refractivity contribution is 5.86. The second-order valence-corrected chi connectivity index (χ2v) is 3.96. The Labute approximate surface area is 109 Å². The number of nitrogens with one attached hydrogen (secondary N) is 1. The van der Waals surface area contributed by atoms with E-state index in [1.807, 2.05) is 6.07 Å². The van der Waals surface area contributed by atoms with Gasteiger partial charge in [-0.3, -0.25) is 4.79 Å². The van der Waals surface area contributed by atoms with Gasteiger partial charge < -0.3 is 24.4 Å². The summed E-state index contributed by atoms with van der Waals surface area (Å²) in [6, 6.07) is 5.14. The number of aliphatic carboxylic acids is 1. The maximum atomic E-state index is 10.9. The second-order valence-electron chi connectivity index (χ2n) is 3.96. The molecule has 6 nitrogen and oxygen atoms in total. The van der Waals surface area contributed by atoms with Gasteiger partial charge >= 0.3 is 0 Å². The van der Waals surface area contributed by atoms with Crippen LogP contribution in [0.15, 0.2) is 28.9 Å². The van der Waals surface area contributed by atoms with E-state index in [1.54, 1.807) is 12.1 Å². The number of carboxylic acids is 1. The first-order valence-corrected chi connectivity index (χ1v) is 5.64. The summed E-state index contributed by atoms with van der Waals surface area (Å²) in [6.45, 7) is 1.23. The van der Waals surface area contributed by atoms with E-state index in [9.17, 15) is 14.7 Å². The first kappa shape index (κ1) is 12.9. The molecule has 19 heavy (non-hydrogen) atoms. The van der Waals surface area contributed by atoms with Gasteiger partial charge in [0.1, 0.15) is 6.61 Å². The lowest BCUT2D eigenvalue weighted by Crippen LogP contribution is -2.28. The van der Waals surface area contributed by atoms with Crippen LogP contribution in [0.5, 0.6) is 5.75 Å². The molecule has 0 aliphatic heterocycles. The average Bonchev–Trinajstić information content (AvgIpc) is 2.77. The highest BCUT2D eigenvalue weighted by Crippen LogP contribution is 2.29. The molecular weight excluding hydrogens is 250 g/mol. The van der Waals surface area contributed by atoms with Gasteiger partial charge in [0.15, 0.2) is 11.3 Å². The molecule has 6 heteroatoms. The number of amides is 1. The van der Waals surface area contributed by atoms with Crippen molar-refractivity contribution in [1.29, 1.82) is 0 Å². The van der Waals surface area contributed by atoms with Crippen molar-refractivity contribution in [2.75, 3.05) is 6.61 Å². The van der Waals surface area contributed by atoms with E-state index >= 15 is 0 Å². The number of ether oxygens (including phenoxy) is 1. The third-order valence-electron chi connectivity index (χ3n) is 2.52. The molecule has 0 unspecified atom stereocenters. The van der Waals surface area contributed by atoms with Crippen molar-refractivity contribution < 1.29 is 23.8 Å². The zero-order valence-electron chi connectivity index (χ0n) is 10.3. The van der Waals surface area contributed by atoms with E-state index in [4.69, 9.17) is 9.15 Å². The van der Waals surface area contributed by atoms with E-state index in [0.717, 1.165) is 10.9 Å². The summed E-state index contributed by atoms with van der Waals surface area (Å²) < 4.78 is 10.4. The van der Waals surface area contributed by atoms with Crippen LogP contribution in [0.2, 0.25) is 0 Å². The molecule has 1 N–H and O–H groups in total. The monoisotopic (exact) mass is 262 g/mol. The van der Waals surface area contributed by atoms with Gasteiger partial charge in [-0.15, -0.1) is 0 Å². The van der Waals surface area contributed by atoms with Crippen molar-refractivity contribution in [2.24, 2.45) is 0 Å². The molecule has 0 spiro atoms. The third-order valence-corrected chi connectivity index (χ3v) is 2.52. The number of para-hydroxylation sites is 1. The molecule has 2 rings (SSSR count). The Morgan fingerprint density at radius 2 is 2.21 bits per heavy atom. The van der Waals surface area contributed by atoms with E-state index in [0.29, 0.717) is 17.9 Å². The van der Waals surface area contributed by atoms with Crippen LogP contribution in [-0.2, 0) is 16.1 Å². The van der Waals surface area contributed by atoms with E-state index in [-0.39, 0.29) is 5.91 Å². The molecule has 0 radical (unpaired) electrons. The minimum Gasteiger partial charge on any atom is -0.546 e. The molecule has 0 fully saturated rings. The number of carbonyl (C=O) groups excluding carboxylic acids is 2. The summed E-state index contributed by atoms with van der Waals surface area (Å²) in [5, 5.41) is 13.8. The first-order chi connectivity index (χ1) is 9.08. The summed E-state index contributed by atoms with van der Waals surface area (Å²) in [5.74, 6) is -1.11. The number of hydrogen-bond donors (Lipinski definition) is 1. The molecule has 1 aromatic heterocycles. The van der Waals surface area contributed by atoms with Gasteiger partial charge in [-0.1, -0.05) is 12.1 Å². The molecule has 1 heterocycles. The van der Waals surface area contributed by atoms with Crippen molar-refractivity contribution in [3.05, 3.63) is 30.0 Å². The van der Waals surface area contributed by atoms with Crippen LogP contribution in [0.1, 0.15) is 12.5 Å². The van der Waals surface area contributed by atoms with Crippen molar-refractivity contribution >= 4 is 22.8 Å². The Bertz CT molecular complexity index is 617. The quantitative estimate of drug-likeness (QED) is 0.830. The van der Waals surface area contributed by atoms with Crippen LogP contribution in [-0.4, -0.2) is 18.5 Å². The summed E-state index contributed by atoms with van der Waals surface area (Å²) in [6.07, 6.45) is 1.51. The van der Waals surface area contributed by atoms with Crippen LogP contribution in [0.4, 0.5) is 0 Å². The Kier molecular flexibility index (Phi) is 3.70. The Morgan fingerprint density at radius 3 is 2.89 bits per heavy atom. The SMILES string of the molecule is CC(=O)NCc1coc2c(OCC(=O)[O-])cccc12. The lowest BCUT2D eigenvalue weighted by molar-refractivity contribution is -0.307. The zero-order valence-corrected chi connectivity index (χ0v) is 10.3. The van der Waals surface area contributed by atoms with E-state index in [1.165, 1.54) is 13.2 Å². The molecule has 0 aliphatic carbocycles. The smallest absolute Gasteiger partial charge is 0.217 e. The van der Waals surface area contributed by atoms with Gasteiger partial charge in [-0.2, -0.15) is 0 Å². The van der Waals surface area contributed by atoms with E-state index < -0.39 is 12.6 Å². The van der Waals surface area contributed by atoms with Gasteiger partial charge in [0.25, 0.3) is 0 Å². The van der Waals surface area contributed by atoms with Crippen LogP contribution in [0.25, 0.3) is 11.0 Å². The minimum absolute atomic E-state index is 0.140. The fourth-order valence-corrected chi connectivity index (χ4v) is 1.69. The second kappa shape index (κ2) is 5.43. The lowest BCUT2D eigenvalue weighted by Gasteiger charge is -2.06. The maximum Gasteiger partial charge on any atom is 0.217 e. The standard InChI is InChI=1S/C13H13NO5/c1-8(15)14-5-9-6-19-13-10(9)3-2-4-11(13)18-7-12(16)17/h2-4,6H,5,7H2,1H3,(H,14,15)(H,16,17)/p-1. The Morgan fingerprint density at radius 1 is 1.42 bits per heavy atom. The molecule has 0 atom stereocenters. The summed E-state index contributed by atoms with van der Waals surface area (Å²) in [4.78, 5) is 21.3. The minimum atomic E-state index is -1.30. The van der Waals surface area contributed by atoms with Crippen molar-refractivity contribution in [3.63, 3.8) is 0 Å². The van der Waals surface area contributed by atoms with Crippen LogP contribution >= 0.6 is 0 Å². The fraction of sp³-hybridized carbons (Fsp3) is 0.231. The molecule has 100 valence electrons. The Balaban J connectivity index is 2.26. The van der Waals surface area contributed by atoms with Gasteiger partial charge in [-0.05, 0) is 6.07 Å². The number of fused-ring (bicyclic) bond motifs is 1. The first-order valence-electron chi connectivity index (χ1n) is 5.64. The van der Waals surface area contributed by atoms with Gasteiger partial charge in [0.2, 0.25) is 5.91 Å². The average molecular weight is 262 g/mol. The van der Waals surface area contributed by atoms with Crippen LogP contribution in [0.3, 0.4) is 0 Å². The number of benzene rings is 1. The third kappa shape index (κ3) is 3.04. The van der Waals surface area contributed by atoms with Crippen LogP contribution < -0.4 is 15.2 Å². The molecule has 0 saturated carbocycles. The summed E-state index contributed by atoms with van der Waals surface area (Å²) in [7, 11) is 0. The largest absolute Gasteiger partial charge is 0.546 e. The number of rotatable bonds is 5.